The summed E-state index contributed by atoms with van der Waals surface area (Å²) < 4.78 is 30.9. The predicted molar refractivity (Wildman–Crippen MR) is 54.1 cm³/mol. The summed E-state index contributed by atoms with van der Waals surface area (Å²) in [5.74, 6) is 0. The van der Waals surface area contributed by atoms with E-state index >= 15 is 0 Å². The molecule has 0 radical (unpaired) electrons. The minimum absolute atomic E-state index is 0.505. The van der Waals surface area contributed by atoms with Crippen LogP contribution in [0.5, 0.6) is 0 Å². The lowest BCUT2D eigenvalue weighted by Gasteiger charge is -2.15. The maximum absolute atomic E-state index is 11.0. The second kappa shape index (κ2) is 3.11. The number of hydrogen-bond acceptors (Lipinski definition) is 4. The van der Waals surface area contributed by atoms with Gasteiger partial charge in [-0.2, -0.15) is 5.10 Å². The maximum atomic E-state index is 11.0. The Morgan fingerprint density at radius 2 is 2.07 bits per heavy atom. The van der Waals surface area contributed by atoms with E-state index in [0.29, 0.717) is 11.0 Å². The van der Waals surface area contributed by atoms with Crippen LogP contribution in [0.4, 0.5) is 0 Å². The van der Waals surface area contributed by atoms with Crippen LogP contribution in [0.3, 0.4) is 0 Å². The van der Waals surface area contributed by atoms with Gasteiger partial charge in [-0.25, -0.2) is 8.42 Å². The van der Waals surface area contributed by atoms with Gasteiger partial charge in [-0.05, 0) is 11.0 Å². The van der Waals surface area contributed by atoms with Crippen molar-refractivity contribution in [1.82, 2.24) is 5.34 Å². The third-order valence-electron chi connectivity index (χ3n) is 1.97. The summed E-state index contributed by atoms with van der Waals surface area (Å²) >= 11 is 0. The average molecular weight is 210 g/mol. The maximum Gasteiger partial charge on any atom is 0.484 e. The topological polar surface area (TPSA) is 78.8 Å². The third kappa shape index (κ3) is 1.51. The van der Waals surface area contributed by atoms with Crippen LogP contribution < -0.4 is 10.8 Å². The number of fused-ring (bicyclic) bond motifs is 1. The second-order valence-corrected chi connectivity index (χ2v) is 4.41. The van der Waals surface area contributed by atoms with Crippen molar-refractivity contribution in [1.29, 1.82) is 0 Å². The molecule has 0 saturated carbocycles. The minimum Gasteiger partial charge on any atom is -0.329 e. The fourth-order valence-corrected chi connectivity index (χ4v) is 2.07. The Hall–Kier alpha value is -1.34. The van der Waals surface area contributed by atoms with Gasteiger partial charge in [-0.15, -0.1) is 0 Å². The van der Waals surface area contributed by atoms with Crippen LogP contribution in [-0.4, -0.2) is 25.3 Å². The van der Waals surface area contributed by atoms with Gasteiger partial charge in [0.25, 0.3) is 0 Å². The zero-order valence-corrected chi connectivity index (χ0v) is 7.90. The Labute approximate surface area is 81.6 Å². The molecule has 1 aliphatic rings. The van der Waals surface area contributed by atoms with Crippen LogP contribution in [-0.2, 0) is 9.97 Å². The van der Waals surface area contributed by atoms with E-state index in [1.54, 1.807) is 24.3 Å². The summed E-state index contributed by atoms with van der Waals surface area (Å²) in [6.45, 7) is 0. The van der Waals surface area contributed by atoms with Crippen molar-refractivity contribution in [2.75, 3.05) is 0 Å². The quantitative estimate of drug-likeness (QED) is 0.470. The molecule has 7 heteroatoms. The highest BCUT2D eigenvalue weighted by Crippen LogP contribution is 2.02. The molecule has 1 aromatic carbocycles. The van der Waals surface area contributed by atoms with E-state index in [2.05, 4.69) is 10.4 Å². The molecular weight excluding hydrogens is 203 g/mol. The van der Waals surface area contributed by atoms with Crippen molar-refractivity contribution < 1.29 is 13.0 Å². The number of nitrogens with zero attached hydrogens (tertiary/aromatic N) is 1. The van der Waals surface area contributed by atoms with E-state index in [4.69, 9.17) is 4.55 Å². The van der Waals surface area contributed by atoms with Crippen LogP contribution in [0.1, 0.15) is 5.56 Å². The highest BCUT2D eigenvalue weighted by Gasteiger charge is 2.35. The molecule has 0 fully saturated rings. The molecule has 1 aliphatic heterocycles. The molecule has 0 atom stereocenters. The van der Waals surface area contributed by atoms with Crippen LogP contribution in [0.25, 0.3) is 0 Å². The summed E-state index contributed by atoms with van der Waals surface area (Å²) in [6, 6.07) is 6.85. The molecule has 2 rings (SSSR count). The van der Waals surface area contributed by atoms with Crippen LogP contribution in [0, 0.1) is 0 Å². The molecule has 0 aromatic heterocycles. The van der Waals surface area contributed by atoms with E-state index in [1.807, 2.05) is 0 Å². The highest BCUT2D eigenvalue weighted by atomic mass is 32.2. The molecular formula is C7H7BN2O3S. The lowest BCUT2D eigenvalue weighted by atomic mass is 9.78. The second-order valence-electron chi connectivity index (χ2n) is 2.91. The largest absolute Gasteiger partial charge is 0.484 e. The molecule has 2 N–H and O–H groups in total. The van der Waals surface area contributed by atoms with Gasteiger partial charge in [0.15, 0.2) is 0 Å². The minimum atomic E-state index is -4.16. The van der Waals surface area contributed by atoms with Gasteiger partial charge in [0.05, 0.1) is 6.21 Å². The SMILES string of the molecule is O=S(=O)(O)B1NN=Cc2ccccc21. The Bertz CT molecular complexity index is 485. The summed E-state index contributed by atoms with van der Waals surface area (Å²) in [7, 11) is -4.16. The lowest BCUT2D eigenvalue weighted by molar-refractivity contribution is 0.499. The number of benzene rings is 1. The van der Waals surface area contributed by atoms with Gasteiger partial charge in [0.2, 0.25) is 9.97 Å². The van der Waals surface area contributed by atoms with E-state index < -0.39 is 16.1 Å². The van der Waals surface area contributed by atoms with Gasteiger partial charge in [0, 0.05) is 0 Å². The first kappa shape index (κ1) is 9.23. The molecule has 72 valence electrons. The van der Waals surface area contributed by atoms with Gasteiger partial charge in [0.1, 0.15) is 0 Å². The summed E-state index contributed by atoms with van der Waals surface area (Å²) in [5, 5.41) is 6.00. The van der Waals surface area contributed by atoms with Crippen molar-refractivity contribution in [3.05, 3.63) is 29.8 Å². The molecule has 0 unspecified atom stereocenters. The fraction of sp³-hybridized carbons (Fsp3) is 0. The lowest BCUT2D eigenvalue weighted by Crippen LogP contribution is -2.52. The Morgan fingerprint density at radius 1 is 1.36 bits per heavy atom. The predicted octanol–water partition coefficient (Wildman–Crippen LogP) is -0.793. The number of nitrogens with one attached hydrogen (secondary N) is 1. The average Bonchev–Trinajstić information content (AvgIpc) is 2.15. The molecule has 5 nitrogen and oxygen atoms in total. The Kier molecular flexibility index (Phi) is 2.05. The first-order valence-corrected chi connectivity index (χ1v) is 5.43. The van der Waals surface area contributed by atoms with Gasteiger partial charge in [-0.1, -0.05) is 24.3 Å². The molecule has 0 saturated heterocycles. The van der Waals surface area contributed by atoms with E-state index in [0.717, 1.165) is 0 Å². The summed E-state index contributed by atoms with van der Waals surface area (Å²) in [6.07, 6.45) is 0.348. The van der Waals surface area contributed by atoms with Crippen molar-refractivity contribution in [2.45, 2.75) is 0 Å². The monoisotopic (exact) mass is 210 g/mol. The highest BCUT2D eigenvalue weighted by molar-refractivity contribution is 8.15. The first-order chi connectivity index (χ1) is 6.59. The smallest absolute Gasteiger partial charge is 0.329 e. The van der Waals surface area contributed by atoms with Crippen LogP contribution in [0.15, 0.2) is 29.4 Å². The molecule has 14 heavy (non-hydrogen) atoms. The summed E-state index contributed by atoms with van der Waals surface area (Å²) in [4.78, 5) is 0. The van der Waals surface area contributed by atoms with Crippen molar-refractivity contribution >= 4 is 27.8 Å². The van der Waals surface area contributed by atoms with Crippen molar-refractivity contribution in [3.8, 4) is 0 Å². The molecule has 0 spiro atoms. The molecule has 0 aliphatic carbocycles. The first-order valence-electron chi connectivity index (χ1n) is 3.93. The Balaban J connectivity index is 2.57. The molecule has 0 bridgehead atoms. The zero-order valence-electron chi connectivity index (χ0n) is 7.08. The Morgan fingerprint density at radius 3 is 2.79 bits per heavy atom. The fourth-order valence-electron chi connectivity index (χ4n) is 1.34. The third-order valence-corrected chi connectivity index (χ3v) is 2.93. The molecule has 1 aromatic rings. The number of rotatable bonds is 1. The molecule has 1 heterocycles. The van der Waals surface area contributed by atoms with Gasteiger partial charge in [-0.3, -0.25) is 4.55 Å². The number of hydrazone groups is 1. The van der Waals surface area contributed by atoms with E-state index in [-0.39, 0.29) is 0 Å². The zero-order chi connectivity index (χ0) is 10.2. The van der Waals surface area contributed by atoms with Gasteiger partial charge >= 0.3 is 6.13 Å². The van der Waals surface area contributed by atoms with Crippen molar-refractivity contribution in [2.24, 2.45) is 5.10 Å². The van der Waals surface area contributed by atoms with Crippen LogP contribution >= 0.6 is 0 Å². The number of hydrogen-bond donors (Lipinski definition) is 2. The normalized spacial score (nSPS) is 14.8. The van der Waals surface area contributed by atoms with Gasteiger partial charge < -0.3 is 5.34 Å². The van der Waals surface area contributed by atoms with E-state index in [9.17, 15) is 8.42 Å². The van der Waals surface area contributed by atoms with Crippen molar-refractivity contribution in [3.63, 3.8) is 0 Å². The standard InChI is InChI=1S/C7H7BN2O3S/c11-14(12,13)8-7-4-2-1-3-6(7)5-9-10-8/h1-5,10H,(H,11,12,13). The summed E-state index contributed by atoms with van der Waals surface area (Å²) in [5.41, 5.74) is 1.19. The molecule has 0 amide bonds. The van der Waals surface area contributed by atoms with E-state index in [1.165, 1.54) is 6.21 Å². The van der Waals surface area contributed by atoms with Crippen LogP contribution in [0.2, 0.25) is 0 Å².